The van der Waals surface area contributed by atoms with E-state index in [-0.39, 0.29) is 5.76 Å². The molecule has 0 unspecified atom stereocenters. The van der Waals surface area contributed by atoms with Crippen molar-refractivity contribution in [1.29, 1.82) is 0 Å². The van der Waals surface area contributed by atoms with E-state index in [9.17, 15) is 19.2 Å². The molecular weight excluding hydrogens is 354 g/mol. The Morgan fingerprint density at radius 1 is 1.07 bits per heavy atom. The van der Waals surface area contributed by atoms with Crippen molar-refractivity contribution in [3.8, 4) is 0 Å². The zero-order valence-electron chi connectivity index (χ0n) is 14.7. The molecule has 2 atom stereocenters. The largest absolute Gasteiger partial charge is 0.459 e. The molecule has 4 N–H and O–H groups in total. The van der Waals surface area contributed by atoms with Gasteiger partial charge in [0.05, 0.1) is 6.26 Å². The lowest BCUT2D eigenvalue weighted by atomic mass is 10.2. The van der Waals surface area contributed by atoms with Crippen LogP contribution in [-0.4, -0.2) is 35.8 Å². The first-order chi connectivity index (χ1) is 12.8. The predicted octanol–water partition coefficient (Wildman–Crippen LogP) is 1.07. The Bertz CT molecular complexity index is 829. The van der Waals surface area contributed by atoms with Crippen LogP contribution in [0.3, 0.4) is 0 Å². The van der Waals surface area contributed by atoms with E-state index in [2.05, 4.69) is 10.6 Å². The van der Waals surface area contributed by atoms with Gasteiger partial charge in [0.2, 0.25) is 5.91 Å². The van der Waals surface area contributed by atoms with Crippen LogP contribution in [0.5, 0.6) is 0 Å². The number of furan rings is 1. The molecule has 142 valence electrons. The van der Waals surface area contributed by atoms with Gasteiger partial charge in [0, 0.05) is 11.3 Å². The fourth-order valence-corrected chi connectivity index (χ4v) is 2.03. The zero-order valence-corrected chi connectivity index (χ0v) is 14.7. The number of hydrogen-bond donors (Lipinski definition) is 3. The van der Waals surface area contributed by atoms with E-state index in [1.54, 1.807) is 6.07 Å². The molecule has 0 fully saturated rings. The van der Waals surface area contributed by atoms with Crippen LogP contribution < -0.4 is 16.4 Å². The molecule has 2 rings (SSSR count). The summed E-state index contributed by atoms with van der Waals surface area (Å²) in [7, 11) is 0. The van der Waals surface area contributed by atoms with E-state index in [0.29, 0.717) is 11.3 Å². The summed E-state index contributed by atoms with van der Waals surface area (Å²) in [4.78, 5) is 47.0. The van der Waals surface area contributed by atoms with E-state index < -0.39 is 35.8 Å². The first kappa shape index (κ1) is 19.7. The van der Waals surface area contributed by atoms with Gasteiger partial charge in [-0.15, -0.1) is 0 Å². The Labute approximate surface area is 154 Å². The summed E-state index contributed by atoms with van der Waals surface area (Å²) >= 11 is 0. The molecule has 0 saturated carbocycles. The van der Waals surface area contributed by atoms with E-state index in [1.807, 2.05) is 0 Å². The lowest BCUT2D eigenvalue weighted by Crippen LogP contribution is -2.42. The summed E-state index contributed by atoms with van der Waals surface area (Å²) in [6.45, 7) is 2.82. The number of rotatable bonds is 7. The summed E-state index contributed by atoms with van der Waals surface area (Å²) in [6, 6.07) is 7.93. The van der Waals surface area contributed by atoms with E-state index in [1.165, 1.54) is 50.4 Å². The van der Waals surface area contributed by atoms with Gasteiger partial charge < -0.3 is 25.5 Å². The van der Waals surface area contributed by atoms with E-state index in [0.717, 1.165) is 0 Å². The lowest BCUT2D eigenvalue weighted by molar-refractivity contribution is -0.154. The Balaban J connectivity index is 1.86. The van der Waals surface area contributed by atoms with Gasteiger partial charge >= 0.3 is 5.97 Å². The van der Waals surface area contributed by atoms with Crippen LogP contribution in [0, 0.1) is 0 Å². The monoisotopic (exact) mass is 373 g/mol. The Morgan fingerprint density at radius 3 is 2.30 bits per heavy atom. The maximum absolute atomic E-state index is 12.1. The highest BCUT2D eigenvalue weighted by Gasteiger charge is 2.24. The highest BCUT2D eigenvalue weighted by atomic mass is 16.5. The van der Waals surface area contributed by atoms with Crippen molar-refractivity contribution >= 4 is 29.4 Å². The number of primary amides is 1. The average Bonchev–Trinajstić information content (AvgIpc) is 3.16. The number of carbonyl (C=O) groups is 4. The molecule has 9 nitrogen and oxygen atoms in total. The predicted molar refractivity (Wildman–Crippen MR) is 94.8 cm³/mol. The number of esters is 1. The molecular formula is C18H19N3O6. The molecule has 9 heteroatoms. The minimum absolute atomic E-state index is 0.0554. The molecule has 0 aliphatic carbocycles. The quantitative estimate of drug-likeness (QED) is 0.620. The molecule has 1 aromatic carbocycles. The first-order valence-corrected chi connectivity index (χ1v) is 8.03. The number of benzene rings is 1. The van der Waals surface area contributed by atoms with Crippen molar-refractivity contribution in [2.24, 2.45) is 5.73 Å². The van der Waals surface area contributed by atoms with Crippen molar-refractivity contribution in [3.63, 3.8) is 0 Å². The third kappa shape index (κ3) is 5.43. The smallest absolute Gasteiger partial charge is 0.329 e. The summed E-state index contributed by atoms with van der Waals surface area (Å²) in [6.07, 6.45) is 0.233. The minimum atomic E-state index is -1.10. The zero-order chi connectivity index (χ0) is 20.0. The van der Waals surface area contributed by atoms with Gasteiger partial charge in [-0.2, -0.15) is 0 Å². The van der Waals surface area contributed by atoms with Crippen molar-refractivity contribution in [2.75, 3.05) is 5.32 Å². The molecule has 2 aromatic rings. The summed E-state index contributed by atoms with van der Waals surface area (Å²) in [5.41, 5.74) is 5.85. The second kappa shape index (κ2) is 8.65. The Hall–Kier alpha value is -3.62. The molecule has 0 spiro atoms. The number of anilines is 1. The summed E-state index contributed by atoms with van der Waals surface area (Å²) in [5, 5.41) is 4.95. The molecule has 0 aliphatic rings. The highest BCUT2D eigenvalue weighted by Crippen LogP contribution is 2.10. The summed E-state index contributed by atoms with van der Waals surface area (Å²) in [5.74, 6) is -2.45. The molecule has 0 radical (unpaired) electrons. The molecule has 0 saturated heterocycles. The maximum atomic E-state index is 12.1. The highest BCUT2D eigenvalue weighted by molar-refractivity contribution is 5.98. The van der Waals surface area contributed by atoms with Crippen molar-refractivity contribution in [3.05, 3.63) is 54.0 Å². The third-order valence-corrected chi connectivity index (χ3v) is 3.55. The fourth-order valence-electron chi connectivity index (χ4n) is 2.03. The normalized spacial score (nSPS) is 12.5. The molecule has 1 aromatic heterocycles. The number of nitrogens with two attached hydrogens (primary N) is 1. The van der Waals surface area contributed by atoms with Gasteiger partial charge in [0.25, 0.3) is 11.8 Å². The first-order valence-electron chi connectivity index (χ1n) is 8.03. The van der Waals surface area contributed by atoms with Gasteiger partial charge in [0.1, 0.15) is 6.04 Å². The van der Waals surface area contributed by atoms with Crippen LogP contribution in [0.25, 0.3) is 0 Å². The lowest BCUT2D eigenvalue weighted by Gasteiger charge is -2.17. The van der Waals surface area contributed by atoms with Crippen LogP contribution in [0.15, 0.2) is 47.1 Å². The van der Waals surface area contributed by atoms with Gasteiger partial charge in [-0.1, -0.05) is 0 Å². The molecule has 27 heavy (non-hydrogen) atoms. The van der Waals surface area contributed by atoms with Gasteiger partial charge in [-0.3, -0.25) is 14.4 Å². The third-order valence-electron chi connectivity index (χ3n) is 3.55. The molecule has 3 amide bonds. The molecule has 0 bridgehead atoms. The second-order valence-corrected chi connectivity index (χ2v) is 5.68. The van der Waals surface area contributed by atoms with Crippen LogP contribution >= 0.6 is 0 Å². The van der Waals surface area contributed by atoms with Crippen LogP contribution in [0.1, 0.15) is 34.8 Å². The van der Waals surface area contributed by atoms with Crippen molar-refractivity contribution in [1.82, 2.24) is 5.32 Å². The molecule has 1 heterocycles. The number of hydrogen-bond acceptors (Lipinski definition) is 6. The Morgan fingerprint density at radius 2 is 1.74 bits per heavy atom. The standard InChI is InChI=1S/C18H19N3O6/c1-10(20-17(24)14-4-3-9-26-14)18(25)27-11(2)16(23)21-13-7-5-12(6-8-13)15(19)22/h3-11H,1-2H3,(H2,19,22)(H,20,24)(H,21,23)/t10-,11-/m0/s1. The van der Waals surface area contributed by atoms with E-state index in [4.69, 9.17) is 14.9 Å². The average molecular weight is 373 g/mol. The van der Waals surface area contributed by atoms with Crippen LogP contribution in [0.4, 0.5) is 5.69 Å². The van der Waals surface area contributed by atoms with Crippen LogP contribution in [0.2, 0.25) is 0 Å². The van der Waals surface area contributed by atoms with Crippen LogP contribution in [-0.2, 0) is 14.3 Å². The minimum Gasteiger partial charge on any atom is -0.459 e. The number of amides is 3. The number of nitrogens with one attached hydrogen (secondary N) is 2. The SMILES string of the molecule is C[C@H](NC(=O)c1ccco1)C(=O)O[C@@H](C)C(=O)Nc1ccc(C(N)=O)cc1. The van der Waals surface area contributed by atoms with Gasteiger partial charge in [0.15, 0.2) is 11.9 Å². The maximum Gasteiger partial charge on any atom is 0.329 e. The van der Waals surface area contributed by atoms with Gasteiger partial charge in [-0.25, -0.2) is 4.79 Å². The van der Waals surface area contributed by atoms with Crippen molar-refractivity contribution < 1.29 is 28.3 Å². The Kier molecular flexibility index (Phi) is 6.32. The number of carbonyl (C=O) groups excluding carboxylic acids is 4. The second-order valence-electron chi connectivity index (χ2n) is 5.68. The van der Waals surface area contributed by atoms with E-state index >= 15 is 0 Å². The summed E-state index contributed by atoms with van der Waals surface area (Å²) < 4.78 is 9.98. The van der Waals surface area contributed by atoms with Crippen molar-refractivity contribution in [2.45, 2.75) is 26.0 Å². The topological polar surface area (TPSA) is 141 Å². The fraction of sp³-hybridized carbons (Fsp3) is 0.222. The molecule has 0 aliphatic heterocycles. The van der Waals surface area contributed by atoms with Gasteiger partial charge in [-0.05, 0) is 50.2 Å². The number of ether oxygens (including phenoxy) is 1.